The van der Waals surface area contributed by atoms with E-state index in [1.54, 1.807) is 0 Å². The first-order valence-electron chi connectivity index (χ1n) is 6.85. The van der Waals surface area contributed by atoms with Crippen molar-refractivity contribution in [3.8, 4) is 11.5 Å². The lowest BCUT2D eigenvalue weighted by molar-refractivity contribution is 0.102. The highest BCUT2D eigenvalue weighted by molar-refractivity contribution is 6.07. The molecule has 1 aliphatic rings. The molecule has 1 heterocycles. The predicted molar refractivity (Wildman–Crippen MR) is 81.0 cm³/mol. The van der Waals surface area contributed by atoms with Crippen LogP contribution >= 0.6 is 0 Å². The monoisotopic (exact) mass is 284 g/mol. The number of phenols is 2. The van der Waals surface area contributed by atoms with E-state index in [0.29, 0.717) is 0 Å². The Labute approximate surface area is 122 Å². The summed E-state index contributed by atoms with van der Waals surface area (Å²) < 4.78 is 0. The molecule has 2 aromatic rings. The zero-order valence-electron chi connectivity index (χ0n) is 11.4. The number of aromatic hydroxyl groups is 2. The molecule has 0 spiro atoms. The SMILES string of the molecule is O=C(Nc1cccc2c1CCCN2)c1cccc(O)c1O. The summed E-state index contributed by atoms with van der Waals surface area (Å²) in [4.78, 5) is 12.3. The molecule has 0 atom stereocenters. The maximum atomic E-state index is 12.3. The highest BCUT2D eigenvalue weighted by atomic mass is 16.3. The largest absolute Gasteiger partial charge is 0.504 e. The number of hydrogen-bond acceptors (Lipinski definition) is 4. The fourth-order valence-corrected chi connectivity index (χ4v) is 2.53. The summed E-state index contributed by atoms with van der Waals surface area (Å²) >= 11 is 0. The molecule has 0 radical (unpaired) electrons. The molecule has 5 heteroatoms. The summed E-state index contributed by atoms with van der Waals surface area (Å²) in [7, 11) is 0. The smallest absolute Gasteiger partial charge is 0.259 e. The van der Waals surface area contributed by atoms with E-state index in [1.165, 1.54) is 18.2 Å². The van der Waals surface area contributed by atoms with Crippen LogP contribution < -0.4 is 10.6 Å². The fourth-order valence-electron chi connectivity index (χ4n) is 2.53. The number of phenolic OH excluding ortho intramolecular Hbond substituents is 2. The summed E-state index contributed by atoms with van der Waals surface area (Å²) in [6.45, 7) is 0.928. The van der Waals surface area contributed by atoms with Crippen LogP contribution in [-0.4, -0.2) is 22.7 Å². The highest BCUT2D eigenvalue weighted by Gasteiger charge is 2.17. The van der Waals surface area contributed by atoms with Crippen LogP contribution in [0.5, 0.6) is 11.5 Å². The van der Waals surface area contributed by atoms with Crippen molar-refractivity contribution in [1.29, 1.82) is 0 Å². The summed E-state index contributed by atoms with van der Waals surface area (Å²) in [6, 6.07) is 10.0. The Morgan fingerprint density at radius 3 is 2.81 bits per heavy atom. The molecule has 0 saturated carbocycles. The van der Waals surface area contributed by atoms with Crippen LogP contribution in [0.3, 0.4) is 0 Å². The molecule has 0 fully saturated rings. The molecule has 1 amide bonds. The van der Waals surface area contributed by atoms with Gasteiger partial charge in [0.1, 0.15) is 0 Å². The standard InChI is InChI=1S/C16H16N2O3/c19-14-8-1-4-11(15(14)20)16(21)18-13-7-2-6-12-10(13)5-3-9-17-12/h1-2,4,6-8,17,19-20H,3,5,9H2,(H,18,21). The van der Waals surface area contributed by atoms with Crippen molar-refractivity contribution in [3.63, 3.8) is 0 Å². The maximum absolute atomic E-state index is 12.3. The number of nitrogens with one attached hydrogen (secondary N) is 2. The number of carbonyl (C=O) groups excluding carboxylic acids is 1. The second-order valence-electron chi connectivity index (χ2n) is 4.99. The third kappa shape index (κ3) is 2.50. The molecule has 2 aromatic carbocycles. The Bertz CT molecular complexity index is 698. The summed E-state index contributed by atoms with van der Waals surface area (Å²) in [5.74, 6) is -1.15. The minimum Gasteiger partial charge on any atom is -0.504 e. The quantitative estimate of drug-likeness (QED) is 0.639. The van der Waals surface area contributed by atoms with Gasteiger partial charge in [-0.15, -0.1) is 0 Å². The van der Waals surface area contributed by atoms with Crippen LogP contribution in [0.1, 0.15) is 22.3 Å². The third-order valence-corrected chi connectivity index (χ3v) is 3.60. The Hall–Kier alpha value is -2.69. The van der Waals surface area contributed by atoms with Crippen molar-refractivity contribution >= 4 is 17.3 Å². The lowest BCUT2D eigenvalue weighted by Crippen LogP contribution is -2.17. The van der Waals surface area contributed by atoms with Crippen molar-refractivity contribution in [2.45, 2.75) is 12.8 Å². The summed E-state index contributed by atoms with van der Waals surface area (Å²) in [5, 5.41) is 25.3. The molecule has 5 nitrogen and oxygen atoms in total. The number of anilines is 2. The molecule has 1 aliphatic heterocycles. The van der Waals surface area contributed by atoms with Crippen LogP contribution in [-0.2, 0) is 6.42 Å². The van der Waals surface area contributed by atoms with Gasteiger partial charge in [0.2, 0.25) is 0 Å². The number of carbonyl (C=O) groups is 1. The van der Waals surface area contributed by atoms with Crippen LogP contribution in [0, 0.1) is 0 Å². The van der Waals surface area contributed by atoms with E-state index < -0.39 is 11.7 Å². The van der Waals surface area contributed by atoms with Gasteiger partial charge in [-0.05, 0) is 42.7 Å². The average Bonchev–Trinajstić information content (AvgIpc) is 2.50. The second-order valence-corrected chi connectivity index (χ2v) is 4.99. The van der Waals surface area contributed by atoms with Crippen molar-refractivity contribution in [3.05, 3.63) is 47.5 Å². The lowest BCUT2D eigenvalue weighted by Gasteiger charge is -2.21. The molecule has 3 rings (SSSR count). The van der Waals surface area contributed by atoms with Gasteiger partial charge in [0.15, 0.2) is 11.5 Å². The van der Waals surface area contributed by atoms with Gasteiger partial charge in [-0.1, -0.05) is 12.1 Å². The average molecular weight is 284 g/mol. The van der Waals surface area contributed by atoms with E-state index in [4.69, 9.17) is 0 Å². The summed E-state index contributed by atoms with van der Waals surface area (Å²) in [5.41, 5.74) is 2.87. The number of rotatable bonds is 2. The maximum Gasteiger partial charge on any atom is 0.259 e. The summed E-state index contributed by atoms with van der Waals surface area (Å²) in [6.07, 6.45) is 1.90. The molecule has 0 unspecified atom stereocenters. The number of benzene rings is 2. The third-order valence-electron chi connectivity index (χ3n) is 3.60. The Kier molecular flexibility index (Phi) is 3.39. The molecule has 0 aliphatic carbocycles. The van der Waals surface area contributed by atoms with E-state index in [-0.39, 0.29) is 11.3 Å². The van der Waals surface area contributed by atoms with Gasteiger partial charge in [0.25, 0.3) is 5.91 Å². The first-order chi connectivity index (χ1) is 10.2. The molecular formula is C16H16N2O3. The van der Waals surface area contributed by atoms with Crippen LogP contribution in [0.15, 0.2) is 36.4 Å². The second kappa shape index (κ2) is 5.36. The number of fused-ring (bicyclic) bond motifs is 1. The fraction of sp³-hybridized carbons (Fsp3) is 0.188. The van der Waals surface area contributed by atoms with Crippen molar-refractivity contribution in [2.75, 3.05) is 17.2 Å². The van der Waals surface area contributed by atoms with E-state index in [0.717, 1.165) is 36.3 Å². The van der Waals surface area contributed by atoms with Crippen LogP contribution in [0.2, 0.25) is 0 Å². The van der Waals surface area contributed by atoms with E-state index in [1.807, 2.05) is 18.2 Å². The van der Waals surface area contributed by atoms with Gasteiger partial charge < -0.3 is 20.8 Å². The van der Waals surface area contributed by atoms with E-state index in [9.17, 15) is 15.0 Å². The highest BCUT2D eigenvalue weighted by Crippen LogP contribution is 2.31. The van der Waals surface area contributed by atoms with Gasteiger partial charge in [0.05, 0.1) is 5.56 Å². The van der Waals surface area contributed by atoms with Gasteiger partial charge in [0, 0.05) is 17.9 Å². The van der Waals surface area contributed by atoms with Crippen molar-refractivity contribution in [1.82, 2.24) is 0 Å². The molecule has 0 saturated heterocycles. The normalized spacial score (nSPS) is 13.1. The van der Waals surface area contributed by atoms with Crippen LogP contribution in [0.4, 0.5) is 11.4 Å². The first kappa shape index (κ1) is 13.3. The van der Waals surface area contributed by atoms with Crippen molar-refractivity contribution in [2.24, 2.45) is 0 Å². The Balaban J connectivity index is 1.90. The molecule has 21 heavy (non-hydrogen) atoms. The van der Waals surface area contributed by atoms with E-state index >= 15 is 0 Å². The zero-order valence-corrected chi connectivity index (χ0v) is 11.4. The molecule has 4 N–H and O–H groups in total. The van der Waals surface area contributed by atoms with Gasteiger partial charge >= 0.3 is 0 Å². The molecule has 0 aromatic heterocycles. The predicted octanol–water partition coefficient (Wildman–Crippen LogP) is 2.71. The topological polar surface area (TPSA) is 81.6 Å². The minimum atomic E-state index is -0.442. The lowest BCUT2D eigenvalue weighted by atomic mass is 10.0. The number of para-hydroxylation sites is 1. The van der Waals surface area contributed by atoms with Gasteiger partial charge in [-0.25, -0.2) is 0 Å². The first-order valence-corrected chi connectivity index (χ1v) is 6.85. The van der Waals surface area contributed by atoms with Gasteiger partial charge in [-0.2, -0.15) is 0 Å². The Morgan fingerprint density at radius 1 is 1.14 bits per heavy atom. The van der Waals surface area contributed by atoms with E-state index in [2.05, 4.69) is 10.6 Å². The molecule has 108 valence electrons. The number of amides is 1. The Morgan fingerprint density at radius 2 is 1.95 bits per heavy atom. The minimum absolute atomic E-state index is 0.0522. The molecule has 0 bridgehead atoms. The van der Waals surface area contributed by atoms with Crippen LogP contribution in [0.25, 0.3) is 0 Å². The zero-order chi connectivity index (χ0) is 14.8. The molecular weight excluding hydrogens is 268 g/mol. The van der Waals surface area contributed by atoms with Gasteiger partial charge in [-0.3, -0.25) is 4.79 Å². The van der Waals surface area contributed by atoms with Crippen molar-refractivity contribution < 1.29 is 15.0 Å². The number of hydrogen-bond donors (Lipinski definition) is 4.